The number of hydrogen-bond acceptors (Lipinski definition) is 3. The van der Waals surface area contributed by atoms with Crippen molar-refractivity contribution in [2.75, 3.05) is 0 Å². The van der Waals surface area contributed by atoms with Gasteiger partial charge in [-0.2, -0.15) is 5.10 Å². The van der Waals surface area contributed by atoms with Crippen molar-refractivity contribution < 1.29 is 4.74 Å². The lowest BCUT2D eigenvalue weighted by molar-refractivity contribution is 0.487. The molecule has 5 aromatic rings. The Bertz CT molecular complexity index is 1120. The number of rotatable bonds is 3. The number of imidazole rings is 1. The number of ether oxygens (including phenoxy) is 1. The van der Waals surface area contributed by atoms with Crippen LogP contribution in [0.5, 0.6) is 11.5 Å². The zero-order chi connectivity index (χ0) is 15.9. The molecule has 0 fully saturated rings. The zero-order valence-corrected chi connectivity index (χ0v) is 12.5. The van der Waals surface area contributed by atoms with Crippen LogP contribution in [0.2, 0.25) is 0 Å². The molecule has 2 aromatic carbocycles. The van der Waals surface area contributed by atoms with E-state index in [0.29, 0.717) is 17.0 Å². The average Bonchev–Trinajstić information content (AvgIpc) is 3.29. The van der Waals surface area contributed by atoms with Gasteiger partial charge in [-0.05, 0) is 29.5 Å². The second kappa shape index (κ2) is 4.99. The molecule has 0 saturated carbocycles. The standard InChI is InChI=1S/C18H12N5O/c1-3-7-12(8-4-1)16-21-22-18-20-15-14(11-19-17(15)23(16)18)24-13-9-5-2-6-10-13/h1-11H,(H,20,22)/q-1. The van der Waals surface area contributed by atoms with Crippen LogP contribution in [0.4, 0.5) is 0 Å². The summed E-state index contributed by atoms with van der Waals surface area (Å²) in [7, 11) is 0. The molecular formula is C18H12N5O-. The minimum atomic E-state index is 0.632. The summed E-state index contributed by atoms with van der Waals surface area (Å²) in [4.78, 5) is 9.05. The summed E-state index contributed by atoms with van der Waals surface area (Å²) < 4.78 is 7.81. The molecule has 0 atom stereocenters. The molecule has 6 nitrogen and oxygen atoms in total. The van der Waals surface area contributed by atoms with E-state index in [0.717, 1.165) is 22.8 Å². The van der Waals surface area contributed by atoms with Crippen LogP contribution >= 0.6 is 0 Å². The highest BCUT2D eigenvalue weighted by atomic mass is 16.5. The van der Waals surface area contributed by atoms with Crippen molar-refractivity contribution in [3.63, 3.8) is 0 Å². The van der Waals surface area contributed by atoms with Crippen molar-refractivity contribution in [1.82, 2.24) is 24.6 Å². The third kappa shape index (κ3) is 1.90. The van der Waals surface area contributed by atoms with Gasteiger partial charge in [-0.15, -0.1) is 0 Å². The second-order valence-corrected chi connectivity index (χ2v) is 5.39. The summed E-state index contributed by atoms with van der Waals surface area (Å²) >= 11 is 0. The summed E-state index contributed by atoms with van der Waals surface area (Å²) in [5.41, 5.74) is 2.43. The van der Waals surface area contributed by atoms with Crippen LogP contribution in [0.25, 0.3) is 28.3 Å². The largest absolute Gasteiger partial charge is 0.455 e. The average molecular weight is 314 g/mol. The topological polar surface area (TPSA) is 69.3 Å². The predicted octanol–water partition coefficient (Wildman–Crippen LogP) is 3.63. The van der Waals surface area contributed by atoms with Crippen LogP contribution < -0.4 is 9.72 Å². The summed E-state index contributed by atoms with van der Waals surface area (Å²) in [5.74, 6) is 2.81. The SMILES string of the molecule is c1ccc(Oc2c[n-]c3c2nc2[nH]nc(-c4ccccc4)n23)cc1. The minimum Gasteiger partial charge on any atom is -0.455 e. The van der Waals surface area contributed by atoms with Crippen LogP contribution in [0.15, 0.2) is 66.9 Å². The molecule has 0 amide bonds. The molecule has 0 bridgehead atoms. The van der Waals surface area contributed by atoms with Gasteiger partial charge in [0, 0.05) is 0 Å². The highest BCUT2D eigenvalue weighted by Gasteiger charge is 2.11. The van der Waals surface area contributed by atoms with Gasteiger partial charge in [0.2, 0.25) is 0 Å². The van der Waals surface area contributed by atoms with Crippen LogP contribution in [0.1, 0.15) is 0 Å². The van der Waals surface area contributed by atoms with Gasteiger partial charge in [-0.1, -0.05) is 48.5 Å². The van der Waals surface area contributed by atoms with Gasteiger partial charge in [-0.3, -0.25) is 5.10 Å². The van der Waals surface area contributed by atoms with Gasteiger partial charge in [-0.25, -0.2) is 4.98 Å². The molecule has 3 heterocycles. The van der Waals surface area contributed by atoms with Gasteiger partial charge in [0.15, 0.2) is 0 Å². The molecular weight excluding hydrogens is 302 g/mol. The fourth-order valence-electron chi connectivity index (χ4n) is 2.78. The van der Waals surface area contributed by atoms with Crippen molar-refractivity contribution in [2.24, 2.45) is 0 Å². The van der Waals surface area contributed by atoms with Crippen molar-refractivity contribution in [3.05, 3.63) is 66.9 Å². The monoisotopic (exact) mass is 314 g/mol. The normalized spacial score (nSPS) is 11.3. The first-order valence-corrected chi connectivity index (χ1v) is 7.57. The van der Waals surface area contributed by atoms with E-state index in [1.165, 1.54) is 0 Å². The molecule has 0 aliphatic rings. The van der Waals surface area contributed by atoms with Gasteiger partial charge >= 0.3 is 0 Å². The van der Waals surface area contributed by atoms with Crippen molar-refractivity contribution in [3.8, 4) is 22.9 Å². The van der Waals surface area contributed by atoms with Gasteiger partial charge in [0.1, 0.15) is 22.8 Å². The van der Waals surface area contributed by atoms with E-state index in [9.17, 15) is 0 Å². The number of benzene rings is 2. The lowest BCUT2D eigenvalue weighted by Gasteiger charge is -2.03. The first-order chi connectivity index (χ1) is 11.9. The van der Waals surface area contributed by atoms with Gasteiger partial charge < -0.3 is 14.1 Å². The molecule has 0 radical (unpaired) electrons. The third-order valence-corrected chi connectivity index (χ3v) is 3.87. The Hall–Kier alpha value is -3.54. The fraction of sp³-hybridized carbons (Fsp3) is 0. The third-order valence-electron chi connectivity index (χ3n) is 3.87. The number of fused-ring (bicyclic) bond motifs is 3. The van der Waals surface area contributed by atoms with Crippen LogP contribution in [-0.2, 0) is 0 Å². The Balaban J connectivity index is 1.66. The summed E-state index contributed by atoms with van der Waals surface area (Å²) in [6.45, 7) is 0. The van der Waals surface area contributed by atoms with Crippen molar-refractivity contribution in [2.45, 2.75) is 0 Å². The molecule has 0 aliphatic heterocycles. The lowest BCUT2D eigenvalue weighted by Crippen LogP contribution is -1.88. The Kier molecular flexibility index (Phi) is 2.69. The van der Waals surface area contributed by atoms with E-state index in [2.05, 4.69) is 20.2 Å². The maximum atomic E-state index is 5.90. The number of para-hydroxylation sites is 1. The summed E-state index contributed by atoms with van der Waals surface area (Å²) in [6, 6.07) is 19.5. The molecule has 0 saturated heterocycles. The molecule has 3 aromatic heterocycles. The van der Waals surface area contributed by atoms with Crippen LogP contribution in [-0.4, -0.2) is 19.6 Å². The highest BCUT2D eigenvalue weighted by Crippen LogP contribution is 2.31. The number of hydrogen-bond donors (Lipinski definition) is 1. The molecule has 1 N–H and O–H groups in total. The lowest BCUT2D eigenvalue weighted by atomic mass is 10.2. The van der Waals surface area contributed by atoms with E-state index in [1.807, 2.05) is 65.1 Å². The smallest absolute Gasteiger partial charge is 0.148 e. The molecule has 6 heteroatoms. The first-order valence-electron chi connectivity index (χ1n) is 7.57. The zero-order valence-electron chi connectivity index (χ0n) is 12.5. The Morgan fingerprint density at radius 3 is 2.50 bits per heavy atom. The quantitative estimate of drug-likeness (QED) is 0.552. The molecule has 0 spiro atoms. The number of H-pyrrole nitrogens is 1. The predicted molar refractivity (Wildman–Crippen MR) is 90.1 cm³/mol. The summed E-state index contributed by atoms with van der Waals surface area (Å²) in [6.07, 6.45) is 1.69. The Morgan fingerprint density at radius 2 is 1.71 bits per heavy atom. The first kappa shape index (κ1) is 13.0. The number of aromatic amines is 1. The van der Waals surface area contributed by atoms with E-state index in [4.69, 9.17) is 4.74 Å². The number of nitrogens with one attached hydrogen (secondary N) is 1. The van der Waals surface area contributed by atoms with Gasteiger partial charge in [0.25, 0.3) is 0 Å². The number of aromatic nitrogens is 5. The molecule has 24 heavy (non-hydrogen) atoms. The fourth-order valence-corrected chi connectivity index (χ4v) is 2.78. The molecule has 0 aliphatic carbocycles. The number of nitrogens with zero attached hydrogens (tertiary/aromatic N) is 4. The maximum absolute atomic E-state index is 5.90. The van der Waals surface area contributed by atoms with Crippen molar-refractivity contribution in [1.29, 1.82) is 0 Å². The molecule has 5 rings (SSSR count). The maximum Gasteiger partial charge on any atom is 0.148 e. The Labute approximate surface area is 136 Å². The van der Waals surface area contributed by atoms with Gasteiger partial charge in [0.05, 0.1) is 5.82 Å². The second-order valence-electron chi connectivity index (χ2n) is 5.39. The molecule has 0 unspecified atom stereocenters. The van der Waals surface area contributed by atoms with E-state index < -0.39 is 0 Å². The van der Waals surface area contributed by atoms with Crippen LogP contribution in [0, 0.1) is 0 Å². The van der Waals surface area contributed by atoms with Crippen molar-refractivity contribution >= 4 is 16.9 Å². The van der Waals surface area contributed by atoms with E-state index in [1.54, 1.807) is 6.20 Å². The van der Waals surface area contributed by atoms with Crippen LogP contribution in [0.3, 0.4) is 0 Å². The minimum absolute atomic E-state index is 0.632. The van der Waals surface area contributed by atoms with E-state index >= 15 is 0 Å². The van der Waals surface area contributed by atoms with E-state index in [-0.39, 0.29) is 0 Å². The summed E-state index contributed by atoms with van der Waals surface area (Å²) in [5, 5.41) is 7.32. The Morgan fingerprint density at radius 1 is 0.958 bits per heavy atom. The highest BCUT2D eigenvalue weighted by molar-refractivity contribution is 5.85. The molecule has 116 valence electrons.